The lowest BCUT2D eigenvalue weighted by molar-refractivity contribution is -0.00563. The molecule has 0 spiro atoms. The number of rotatable bonds is 4. The number of carbonyl (C=O) groups is 1. The van der Waals surface area contributed by atoms with Gasteiger partial charge in [0.2, 0.25) is 5.95 Å². The van der Waals surface area contributed by atoms with Gasteiger partial charge in [-0.3, -0.25) is 4.79 Å². The van der Waals surface area contributed by atoms with Gasteiger partial charge in [-0.25, -0.2) is 9.37 Å². The highest BCUT2D eigenvalue weighted by molar-refractivity contribution is 5.94. The maximum Gasteiger partial charge on any atom is 0.257 e. The Hall–Kier alpha value is -1.60. The van der Waals surface area contributed by atoms with E-state index in [0.29, 0.717) is 25.9 Å². The van der Waals surface area contributed by atoms with Gasteiger partial charge in [0.05, 0.1) is 24.9 Å². The van der Waals surface area contributed by atoms with Crippen LogP contribution < -0.4 is 0 Å². The van der Waals surface area contributed by atoms with Gasteiger partial charge in [-0.1, -0.05) is 0 Å². The van der Waals surface area contributed by atoms with E-state index in [0.717, 1.165) is 6.20 Å². The van der Waals surface area contributed by atoms with E-state index in [1.165, 1.54) is 11.0 Å². The molecule has 7 heteroatoms. The average molecular weight is 286 g/mol. The van der Waals surface area contributed by atoms with E-state index < -0.39 is 17.7 Å². The molecule has 1 saturated heterocycles. The van der Waals surface area contributed by atoms with Crippen LogP contribution in [0.1, 0.15) is 23.2 Å². The normalized spacial score (nSPS) is 16.4. The number of ether oxygens (including phenoxy) is 1. The second-order valence-electron chi connectivity index (χ2n) is 4.55. The summed E-state index contributed by atoms with van der Waals surface area (Å²) >= 11 is 0. The first-order chi connectivity index (χ1) is 9.63. The number of aliphatic hydroxyl groups is 1. The Morgan fingerprint density at radius 3 is 2.80 bits per heavy atom. The molecule has 1 aliphatic rings. The number of hydrogen-bond donors (Lipinski definition) is 1. The summed E-state index contributed by atoms with van der Waals surface area (Å²) < 4.78 is 31.9. The second kappa shape index (κ2) is 6.71. The minimum absolute atomic E-state index is 0.00905. The van der Waals surface area contributed by atoms with Crippen molar-refractivity contribution in [1.29, 1.82) is 0 Å². The Kier molecular flexibility index (Phi) is 4.97. The topological polar surface area (TPSA) is 62.7 Å². The van der Waals surface area contributed by atoms with Crippen LogP contribution in [0.2, 0.25) is 0 Å². The number of aliphatic hydroxyl groups excluding tert-OH is 1. The van der Waals surface area contributed by atoms with Crippen LogP contribution in [0.3, 0.4) is 0 Å². The fraction of sp³-hybridized carbons (Fsp3) is 0.538. The minimum atomic E-state index is -1.27. The standard InChI is InChI=1S/C13H16F2N2O3/c14-11-10(1-4-16-12(11)15)13(19)17-5-2-9(3-6-17)20-8-7-18/h1,4,9,18H,2-3,5-8H2. The Labute approximate surface area is 115 Å². The zero-order chi connectivity index (χ0) is 14.5. The van der Waals surface area contributed by atoms with Crippen LogP contribution in [0.25, 0.3) is 0 Å². The highest BCUT2D eigenvalue weighted by atomic mass is 19.2. The van der Waals surface area contributed by atoms with Gasteiger partial charge in [0, 0.05) is 19.3 Å². The zero-order valence-electron chi connectivity index (χ0n) is 10.9. The maximum atomic E-state index is 13.5. The molecule has 2 rings (SSSR count). The molecule has 0 saturated carbocycles. The van der Waals surface area contributed by atoms with Gasteiger partial charge in [0.15, 0.2) is 5.82 Å². The molecule has 0 unspecified atom stereocenters. The van der Waals surface area contributed by atoms with Crippen LogP contribution in [-0.2, 0) is 4.74 Å². The molecular formula is C13H16F2N2O3. The predicted molar refractivity (Wildman–Crippen MR) is 66.1 cm³/mol. The molecule has 20 heavy (non-hydrogen) atoms. The number of carbonyl (C=O) groups excluding carboxylic acids is 1. The molecular weight excluding hydrogens is 270 g/mol. The van der Waals surface area contributed by atoms with Crippen molar-refractivity contribution in [2.75, 3.05) is 26.3 Å². The fourth-order valence-electron chi connectivity index (χ4n) is 2.20. The number of pyridine rings is 1. The first-order valence-electron chi connectivity index (χ1n) is 6.45. The molecule has 110 valence electrons. The summed E-state index contributed by atoms with van der Waals surface area (Å²) in [5, 5.41) is 8.67. The molecule has 1 N–H and O–H groups in total. The van der Waals surface area contributed by atoms with Gasteiger partial charge >= 0.3 is 0 Å². The summed E-state index contributed by atoms with van der Waals surface area (Å²) in [4.78, 5) is 16.7. The quantitative estimate of drug-likeness (QED) is 0.838. The largest absolute Gasteiger partial charge is 0.394 e. The average Bonchev–Trinajstić information content (AvgIpc) is 2.48. The van der Waals surface area contributed by atoms with Crippen molar-refractivity contribution < 1.29 is 23.4 Å². The van der Waals surface area contributed by atoms with Crippen molar-refractivity contribution >= 4 is 5.91 Å². The third kappa shape index (κ3) is 3.29. The Morgan fingerprint density at radius 1 is 1.45 bits per heavy atom. The van der Waals surface area contributed by atoms with E-state index in [1.54, 1.807) is 0 Å². The summed E-state index contributed by atoms with van der Waals surface area (Å²) in [5.74, 6) is -3.02. The molecule has 0 aromatic carbocycles. The molecule has 1 aromatic heterocycles. The first kappa shape index (κ1) is 14.8. The SMILES string of the molecule is O=C(c1ccnc(F)c1F)N1CCC(OCCO)CC1. The van der Waals surface area contributed by atoms with Gasteiger partial charge in [0.25, 0.3) is 5.91 Å². The van der Waals surface area contributed by atoms with Crippen molar-refractivity contribution in [2.24, 2.45) is 0 Å². The van der Waals surface area contributed by atoms with Gasteiger partial charge in [-0.05, 0) is 18.9 Å². The van der Waals surface area contributed by atoms with Gasteiger partial charge in [-0.15, -0.1) is 0 Å². The third-order valence-electron chi connectivity index (χ3n) is 3.25. The van der Waals surface area contributed by atoms with Crippen molar-refractivity contribution in [3.8, 4) is 0 Å². The van der Waals surface area contributed by atoms with Crippen LogP contribution in [0.15, 0.2) is 12.3 Å². The van der Waals surface area contributed by atoms with Crippen LogP contribution in [-0.4, -0.2) is 53.3 Å². The maximum absolute atomic E-state index is 13.5. The smallest absolute Gasteiger partial charge is 0.257 e. The van der Waals surface area contributed by atoms with E-state index in [-0.39, 0.29) is 24.9 Å². The molecule has 1 amide bonds. The van der Waals surface area contributed by atoms with E-state index in [1.807, 2.05) is 0 Å². The molecule has 1 fully saturated rings. The third-order valence-corrected chi connectivity index (χ3v) is 3.25. The lowest BCUT2D eigenvalue weighted by atomic mass is 10.1. The minimum Gasteiger partial charge on any atom is -0.394 e. The monoisotopic (exact) mass is 286 g/mol. The summed E-state index contributed by atoms with van der Waals surface area (Å²) in [6.45, 7) is 1.06. The first-order valence-corrected chi connectivity index (χ1v) is 6.45. The molecule has 1 aromatic rings. The predicted octanol–water partition coefficient (Wildman–Crippen LogP) is 0.973. The Bertz CT molecular complexity index is 477. The number of halogens is 2. The van der Waals surface area contributed by atoms with Crippen LogP contribution in [0.4, 0.5) is 8.78 Å². The van der Waals surface area contributed by atoms with E-state index >= 15 is 0 Å². The number of aromatic nitrogens is 1. The van der Waals surface area contributed by atoms with Gasteiger partial charge in [0.1, 0.15) is 0 Å². The number of nitrogens with zero attached hydrogens (tertiary/aromatic N) is 2. The van der Waals surface area contributed by atoms with Crippen molar-refractivity contribution in [3.63, 3.8) is 0 Å². The second-order valence-corrected chi connectivity index (χ2v) is 4.55. The number of piperidine rings is 1. The Balaban J connectivity index is 1.96. The van der Waals surface area contributed by atoms with Crippen LogP contribution in [0, 0.1) is 11.8 Å². The number of hydrogen-bond acceptors (Lipinski definition) is 4. The van der Waals surface area contributed by atoms with Gasteiger partial charge in [-0.2, -0.15) is 4.39 Å². The molecule has 1 aliphatic heterocycles. The summed E-state index contributed by atoms with van der Waals surface area (Å²) in [7, 11) is 0. The van der Waals surface area contributed by atoms with E-state index in [2.05, 4.69) is 4.98 Å². The van der Waals surface area contributed by atoms with E-state index in [4.69, 9.17) is 9.84 Å². The van der Waals surface area contributed by atoms with Gasteiger partial charge < -0.3 is 14.7 Å². The van der Waals surface area contributed by atoms with Crippen molar-refractivity contribution in [3.05, 3.63) is 29.6 Å². The molecule has 0 radical (unpaired) electrons. The molecule has 0 aliphatic carbocycles. The van der Waals surface area contributed by atoms with Crippen LogP contribution in [0.5, 0.6) is 0 Å². The summed E-state index contributed by atoms with van der Waals surface area (Å²) in [5.41, 5.74) is -0.299. The molecule has 0 bridgehead atoms. The van der Waals surface area contributed by atoms with Crippen LogP contribution >= 0.6 is 0 Å². The Morgan fingerprint density at radius 2 is 2.15 bits per heavy atom. The summed E-state index contributed by atoms with van der Waals surface area (Å²) in [6.07, 6.45) is 2.29. The van der Waals surface area contributed by atoms with E-state index in [9.17, 15) is 13.6 Å². The zero-order valence-corrected chi connectivity index (χ0v) is 10.9. The fourth-order valence-corrected chi connectivity index (χ4v) is 2.20. The number of likely N-dealkylation sites (tertiary alicyclic amines) is 1. The molecule has 0 atom stereocenters. The highest BCUT2D eigenvalue weighted by Crippen LogP contribution is 2.18. The molecule has 2 heterocycles. The number of amides is 1. The lowest BCUT2D eigenvalue weighted by Crippen LogP contribution is -2.41. The molecule has 5 nitrogen and oxygen atoms in total. The van der Waals surface area contributed by atoms with Crippen molar-refractivity contribution in [1.82, 2.24) is 9.88 Å². The lowest BCUT2D eigenvalue weighted by Gasteiger charge is -2.32. The van der Waals surface area contributed by atoms with Crippen molar-refractivity contribution in [2.45, 2.75) is 18.9 Å². The summed E-state index contributed by atoms with van der Waals surface area (Å²) in [6, 6.07) is 1.18. The highest BCUT2D eigenvalue weighted by Gasteiger charge is 2.26.